The molecule has 0 saturated carbocycles. The number of pyridine rings is 1. The minimum absolute atomic E-state index is 0.178. The minimum Gasteiger partial charge on any atom is -0.250 e. The van der Waals surface area contributed by atoms with Gasteiger partial charge in [-0.05, 0) is 25.5 Å². The zero-order chi connectivity index (χ0) is 13.8. The van der Waals surface area contributed by atoms with Gasteiger partial charge in [0.15, 0.2) is 0 Å². The number of hydrogen-bond acceptors (Lipinski definition) is 2. The van der Waals surface area contributed by atoms with Gasteiger partial charge in [-0.2, -0.15) is 0 Å². The van der Waals surface area contributed by atoms with Gasteiger partial charge >= 0.3 is 0 Å². The summed E-state index contributed by atoms with van der Waals surface area (Å²) < 4.78 is 25.5. The molecule has 6 heteroatoms. The molecule has 0 spiro atoms. The maximum absolute atomic E-state index is 13.9. The topological polar surface area (TPSA) is 12.9 Å². The molecule has 0 saturated heterocycles. The molecule has 0 aliphatic heterocycles. The van der Waals surface area contributed by atoms with E-state index >= 15 is 0 Å². The van der Waals surface area contributed by atoms with Crippen LogP contribution in [0.3, 0.4) is 0 Å². The Balaban J connectivity index is 2.75. The normalized spacial score (nSPS) is 12.5. The second-order valence-corrected chi connectivity index (χ2v) is 6.96. The highest BCUT2D eigenvalue weighted by molar-refractivity contribution is 8.03. The first kappa shape index (κ1) is 15.7. The number of hydrogen-bond donors (Lipinski definition) is 0. The van der Waals surface area contributed by atoms with Crippen LogP contribution in [0.4, 0.5) is 8.78 Å². The first-order valence-electron chi connectivity index (χ1n) is 5.25. The lowest BCUT2D eigenvalue weighted by atomic mass is 10.1. The molecule has 0 aliphatic carbocycles. The van der Waals surface area contributed by atoms with E-state index in [1.807, 2.05) is 0 Å². The van der Waals surface area contributed by atoms with Crippen molar-refractivity contribution >= 4 is 35.0 Å². The van der Waals surface area contributed by atoms with Gasteiger partial charge in [-0.25, -0.2) is 13.8 Å². The van der Waals surface area contributed by atoms with Crippen LogP contribution in [0.5, 0.6) is 0 Å². The van der Waals surface area contributed by atoms with Crippen molar-refractivity contribution in [3.63, 3.8) is 0 Å². The maximum Gasteiger partial charge on any atom is 0.290 e. The van der Waals surface area contributed by atoms with Crippen molar-refractivity contribution in [2.75, 3.05) is 0 Å². The van der Waals surface area contributed by atoms with E-state index in [1.54, 1.807) is 25.1 Å². The monoisotopic (exact) mass is 311 g/mol. The van der Waals surface area contributed by atoms with Gasteiger partial charge in [0.05, 0.1) is 5.03 Å². The first-order chi connectivity index (χ1) is 8.24. The Morgan fingerprint density at radius 1 is 1.44 bits per heavy atom. The fourth-order valence-corrected chi connectivity index (χ4v) is 2.57. The van der Waals surface area contributed by atoms with E-state index in [2.05, 4.69) is 11.6 Å². The zero-order valence-corrected chi connectivity index (χ0v) is 12.1. The van der Waals surface area contributed by atoms with Gasteiger partial charge in [0.1, 0.15) is 0 Å². The zero-order valence-electron chi connectivity index (χ0n) is 9.80. The molecule has 1 rings (SSSR count). The summed E-state index contributed by atoms with van der Waals surface area (Å²) in [4.78, 5) is 3.92. The maximum atomic E-state index is 13.9. The highest BCUT2D eigenvalue weighted by Gasteiger charge is 2.52. The lowest BCUT2D eigenvalue weighted by Crippen LogP contribution is -2.35. The van der Waals surface area contributed by atoms with E-state index in [4.69, 9.17) is 23.2 Å². The molecule has 0 fully saturated rings. The molecule has 0 aliphatic rings. The van der Waals surface area contributed by atoms with Gasteiger partial charge in [-0.15, -0.1) is 6.58 Å². The SMILES string of the molecule is C=C(C)CCC(F)(F)C(Cl)(Cl)Sc1ccccn1. The van der Waals surface area contributed by atoms with E-state index in [-0.39, 0.29) is 6.42 Å². The van der Waals surface area contributed by atoms with Gasteiger partial charge in [-0.1, -0.05) is 46.6 Å². The van der Waals surface area contributed by atoms with E-state index in [1.165, 1.54) is 6.20 Å². The Kier molecular flexibility index (Phi) is 5.44. The highest BCUT2D eigenvalue weighted by atomic mass is 35.5. The number of aromatic nitrogens is 1. The predicted molar refractivity (Wildman–Crippen MR) is 73.5 cm³/mol. The smallest absolute Gasteiger partial charge is 0.250 e. The molecule has 1 heterocycles. The van der Waals surface area contributed by atoms with E-state index in [9.17, 15) is 8.78 Å². The van der Waals surface area contributed by atoms with Crippen LogP contribution < -0.4 is 0 Å². The van der Waals surface area contributed by atoms with Crippen LogP contribution in [0.25, 0.3) is 0 Å². The third kappa shape index (κ3) is 4.41. The van der Waals surface area contributed by atoms with Crippen LogP contribution in [-0.2, 0) is 0 Å². The molecule has 100 valence electrons. The van der Waals surface area contributed by atoms with Gasteiger partial charge in [0.25, 0.3) is 5.92 Å². The summed E-state index contributed by atoms with van der Waals surface area (Å²) in [5.41, 5.74) is 0.668. The molecule has 1 aromatic heterocycles. The van der Waals surface area contributed by atoms with E-state index in [0.29, 0.717) is 22.4 Å². The van der Waals surface area contributed by atoms with Gasteiger partial charge in [-0.3, -0.25) is 0 Å². The molecule has 0 bridgehead atoms. The van der Waals surface area contributed by atoms with Crippen molar-refractivity contribution < 1.29 is 8.78 Å². The van der Waals surface area contributed by atoms with E-state index < -0.39 is 16.0 Å². The van der Waals surface area contributed by atoms with Crippen molar-refractivity contribution in [1.82, 2.24) is 4.98 Å². The summed E-state index contributed by atoms with van der Waals surface area (Å²) in [5, 5.41) is 0.359. The van der Waals surface area contributed by atoms with Crippen LogP contribution in [-0.4, -0.2) is 14.6 Å². The van der Waals surface area contributed by atoms with Crippen LogP contribution in [0.1, 0.15) is 19.8 Å². The third-order valence-electron chi connectivity index (χ3n) is 2.16. The molecular weight excluding hydrogens is 299 g/mol. The highest BCUT2D eigenvalue weighted by Crippen LogP contribution is 2.52. The predicted octanol–water partition coefficient (Wildman–Crippen LogP) is 5.30. The van der Waals surface area contributed by atoms with Gasteiger partial charge in [0, 0.05) is 12.6 Å². The fourth-order valence-electron chi connectivity index (χ4n) is 1.13. The molecular formula is C12H13Cl2F2NS. The van der Waals surface area contributed by atoms with Crippen LogP contribution in [0.15, 0.2) is 41.6 Å². The minimum atomic E-state index is -3.22. The lowest BCUT2D eigenvalue weighted by Gasteiger charge is -2.28. The molecule has 18 heavy (non-hydrogen) atoms. The summed E-state index contributed by atoms with van der Waals surface area (Å²) in [6, 6.07) is 4.96. The number of thioether (sulfide) groups is 1. The number of allylic oxidation sites excluding steroid dienone is 1. The Labute approximate surface area is 120 Å². The average Bonchev–Trinajstić information content (AvgIpc) is 2.27. The van der Waals surface area contributed by atoms with Crippen molar-refractivity contribution in [2.45, 2.75) is 34.4 Å². The molecule has 1 aromatic rings. The molecule has 0 N–H and O–H groups in total. The number of halogens is 4. The second-order valence-electron chi connectivity index (χ2n) is 3.95. The summed E-state index contributed by atoms with van der Waals surface area (Å²) in [6.07, 6.45) is 1.24. The van der Waals surface area contributed by atoms with E-state index in [0.717, 1.165) is 0 Å². The summed E-state index contributed by atoms with van der Waals surface area (Å²) in [5.74, 6) is -3.22. The molecule has 0 amide bonds. The molecule has 0 aromatic carbocycles. The van der Waals surface area contributed by atoms with Crippen molar-refractivity contribution in [3.05, 3.63) is 36.5 Å². The average molecular weight is 312 g/mol. The Hall–Kier alpha value is -0.320. The Morgan fingerprint density at radius 2 is 2.11 bits per heavy atom. The Morgan fingerprint density at radius 3 is 2.61 bits per heavy atom. The number of nitrogens with zero attached hydrogens (tertiary/aromatic N) is 1. The van der Waals surface area contributed by atoms with Crippen LogP contribution in [0.2, 0.25) is 0 Å². The summed E-state index contributed by atoms with van der Waals surface area (Å²) >= 11 is 12.2. The molecule has 1 nitrogen and oxygen atoms in total. The van der Waals surface area contributed by atoms with Crippen molar-refractivity contribution in [2.24, 2.45) is 0 Å². The van der Waals surface area contributed by atoms with Gasteiger partial charge in [0.2, 0.25) is 3.67 Å². The first-order valence-corrected chi connectivity index (χ1v) is 6.82. The van der Waals surface area contributed by atoms with Crippen molar-refractivity contribution in [3.8, 4) is 0 Å². The molecule has 0 unspecified atom stereocenters. The third-order valence-corrected chi connectivity index (χ3v) is 4.18. The van der Waals surface area contributed by atoms with Crippen molar-refractivity contribution in [1.29, 1.82) is 0 Å². The summed E-state index contributed by atoms with van der Waals surface area (Å²) in [6.45, 7) is 5.27. The second kappa shape index (κ2) is 6.22. The standard InChI is InChI=1S/C12H13Cl2F2NS/c1-9(2)6-7-11(15,16)12(13,14)18-10-5-3-4-8-17-10/h3-5,8H,1,6-7H2,2H3. The number of rotatable bonds is 6. The number of alkyl halides is 4. The Bertz CT molecular complexity index is 410. The largest absolute Gasteiger partial charge is 0.290 e. The molecule has 0 atom stereocenters. The lowest BCUT2D eigenvalue weighted by molar-refractivity contribution is -0.00128. The van der Waals surface area contributed by atoms with Gasteiger partial charge < -0.3 is 0 Å². The summed E-state index contributed by atoms with van der Waals surface area (Å²) in [7, 11) is 0. The fraction of sp³-hybridized carbons (Fsp3) is 0.417. The van der Waals surface area contributed by atoms with Crippen LogP contribution >= 0.6 is 35.0 Å². The van der Waals surface area contributed by atoms with Crippen LogP contribution in [0, 0.1) is 0 Å². The quantitative estimate of drug-likeness (QED) is 0.402. The molecule has 0 radical (unpaired) electrons.